The molecule has 0 spiro atoms. The van der Waals surface area contributed by atoms with Crippen LogP contribution < -0.4 is 9.64 Å². The van der Waals surface area contributed by atoms with Gasteiger partial charge in [-0.05, 0) is 60.0 Å². The zero-order valence-corrected chi connectivity index (χ0v) is 26.7. The number of hydrogen-bond acceptors (Lipinski definition) is 8. The summed E-state index contributed by atoms with van der Waals surface area (Å²) in [6.45, 7) is 2.43. The number of thioether (sulfide) groups is 1. The summed E-state index contributed by atoms with van der Waals surface area (Å²) in [6, 6.07) is 31.3. The maximum absolute atomic E-state index is 13.5. The normalized spacial score (nSPS) is 16.0. The first-order chi connectivity index (χ1) is 21.4. The Morgan fingerprint density at radius 2 is 1.68 bits per heavy atom. The van der Waals surface area contributed by atoms with Gasteiger partial charge in [-0.1, -0.05) is 111 Å². The minimum absolute atomic E-state index is 0.0183. The lowest BCUT2D eigenvalue weighted by Gasteiger charge is -2.22. The molecule has 0 saturated carbocycles. The summed E-state index contributed by atoms with van der Waals surface area (Å²) in [5.74, 6) is -0.536. The first-order valence-corrected chi connectivity index (χ1v) is 16.3. The minimum atomic E-state index is -0.898. The highest BCUT2D eigenvalue weighted by atomic mass is 79.9. The first kappa shape index (κ1) is 29.8. The minimum Gasteiger partial charge on any atom is -0.507 e. The number of ether oxygens (including phenoxy) is 1. The number of ketones is 1. The largest absolute Gasteiger partial charge is 0.507 e. The number of aryl methyl sites for hydroxylation is 1. The summed E-state index contributed by atoms with van der Waals surface area (Å²) < 4.78 is 7.36. The summed E-state index contributed by atoms with van der Waals surface area (Å²) in [4.78, 5) is 28.4. The van der Waals surface area contributed by atoms with Crippen molar-refractivity contribution in [1.29, 1.82) is 0 Å². The number of hydrogen-bond donors (Lipinski definition) is 1. The van der Waals surface area contributed by atoms with Gasteiger partial charge in [0, 0.05) is 15.8 Å². The quantitative estimate of drug-likeness (QED) is 0.0552. The molecule has 1 atom stereocenters. The molecule has 1 N–H and O–H groups in total. The van der Waals surface area contributed by atoms with Crippen LogP contribution in [0.25, 0.3) is 5.76 Å². The number of carbonyl (C=O) groups excluding carboxylic acids is 2. The predicted octanol–water partition coefficient (Wildman–Crippen LogP) is 8.11. The van der Waals surface area contributed by atoms with E-state index in [4.69, 9.17) is 4.74 Å². The third-order valence-corrected chi connectivity index (χ3v) is 9.65. The van der Waals surface area contributed by atoms with Gasteiger partial charge >= 0.3 is 5.91 Å². The van der Waals surface area contributed by atoms with Gasteiger partial charge < -0.3 is 9.84 Å². The van der Waals surface area contributed by atoms with Crippen molar-refractivity contribution in [2.45, 2.75) is 29.7 Å². The SMILES string of the molecule is Cc1cccc(COc2ccc(/C(O)=C3\C(=O)C(=O)N(c4nnc(SCc5ccccc5)s4)C3c3cccc(Br)c3)cc2)c1. The summed E-state index contributed by atoms with van der Waals surface area (Å²) in [5.41, 5.74) is 4.35. The topological polar surface area (TPSA) is 92.6 Å². The van der Waals surface area contributed by atoms with Gasteiger partial charge in [0.2, 0.25) is 5.13 Å². The van der Waals surface area contributed by atoms with Crippen LogP contribution in [0.2, 0.25) is 0 Å². The third kappa shape index (κ3) is 6.47. The maximum atomic E-state index is 13.5. The Kier molecular flexibility index (Phi) is 8.92. The van der Waals surface area contributed by atoms with E-state index in [1.165, 1.54) is 28.0 Å². The van der Waals surface area contributed by atoms with Gasteiger partial charge in [0.05, 0.1) is 11.6 Å². The molecule has 1 unspecified atom stereocenters. The molecule has 1 amide bonds. The Bertz CT molecular complexity index is 1860. The number of halogens is 1. The highest BCUT2D eigenvalue weighted by Crippen LogP contribution is 2.44. The van der Waals surface area contributed by atoms with Crippen molar-refractivity contribution in [3.8, 4) is 5.75 Å². The fraction of sp³-hybridized carbons (Fsp3) is 0.118. The second kappa shape index (κ2) is 13.2. The first-order valence-electron chi connectivity index (χ1n) is 13.7. The predicted molar refractivity (Wildman–Crippen MR) is 177 cm³/mol. The van der Waals surface area contributed by atoms with Crippen molar-refractivity contribution < 1.29 is 19.4 Å². The van der Waals surface area contributed by atoms with Crippen molar-refractivity contribution in [3.05, 3.63) is 141 Å². The molecule has 1 fully saturated rings. The second-order valence-electron chi connectivity index (χ2n) is 10.2. The van der Waals surface area contributed by atoms with Gasteiger partial charge in [0.25, 0.3) is 5.78 Å². The lowest BCUT2D eigenvalue weighted by molar-refractivity contribution is -0.132. The Morgan fingerprint density at radius 1 is 0.932 bits per heavy atom. The van der Waals surface area contributed by atoms with Crippen molar-refractivity contribution in [2.24, 2.45) is 0 Å². The van der Waals surface area contributed by atoms with E-state index in [9.17, 15) is 14.7 Å². The molecular weight excluding hydrogens is 658 g/mol. The highest BCUT2D eigenvalue weighted by Gasteiger charge is 2.48. The average Bonchev–Trinajstić information content (AvgIpc) is 3.61. The van der Waals surface area contributed by atoms with Crippen LogP contribution in [0.15, 0.2) is 118 Å². The molecule has 6 rings (SSSR count). The molecule has 1 aliphatic heterocycles. The lowest BCUT2D eigenvalue weighted by Crippen LogP contribution is -2.29. The van der Waals surface area contributed by atoms with E-state index in [1.54, 1.807) is 24.3 Å². The zero-order chi connectivity index (χ0) is 30.6. The van der Waals surface area contributed by atoms with E-state index in [0.29, 0.717) is 33.6 Å². The second-order valence-corrected chi connectivity index (χ2v) is 13.2. The van der Waals surface area contributed by atoms with Crippen molar-refractivity contribution in [2.75, 3.05) is 4.90 Å². The number of Topliss-reactive ketones (excluding diaryl/α,β-unsaturated/α-hetero) is 1. The Hall–Kier alpha value is -4.25. The summed E-state index contributed by atoms with van der Waals surface area (Å²) in [6.07, 6.45) is 0. The highest BCUT2D eigenvalue weighted by molar-refractivity contribution is 9.10. The van der Waals surface area contributed by atoms with Crippen molar-refractivity contribution in [3.63, 3.8) is 0 Å². The number of aliphatic hydroxyl groups excluding tert-OH is 1. The standard InChI is InChI=1S/C34H26BrN3O4S2/c1-21-7-5-10-23(17-21)19-42-27-15-13-24(14-16-27)30(39)28-29(25-11-6-12-26(35)18-25)38(32(41)31(28)40)33-36-37-34(44-33)43-20-22-8-3-2-4-9-22/h2-18,29,39H,19-20H2,1H3/b30-28+. The number of aliphatic hydroxyl groups is 1. The molecular formula is C34H26BrN3O4S2. The molecule has 7 nitrogen and oxygen atoms in total. The molecule has 0 radical (unpaired) electrons. The fourth-order valence-corrected chi connectivity index (χ4v) is 7.17. The smallest absolute Gasteiger partial charge is 0.301 e. The van der Waals surface area contributed by atoms with Crippen LogP contribution >= 0.6 is 39.0 Å². The van der Waals surface area contributed by atoms with Gasteiger partial charge in [0.15, 0.2) is 4.34 Å². The Morgan fingerprint density at radius 3 is 2.43 bits per heavy atom. The van der Waals surface area contributed by atoms with Crippen molar-refractivity contribution in [1.82, 2.24) is 10.2 Å². The molecule has 0 aliphatic carbocycles. The number of benzene rings is 4. The Balaban J connectivity index is 1.30. The third-order valence-electron chi connectivity index (χ3n) is 7.03. The molecule has 4 aromatic carbocycles. The monoisotopic (exact) mass is 683 g/mol. The fourth-order valence-electron chi connectivity index (χ4n) is 4.93. The van der Waals surface area contributed by atoms with Gasteiger partial charge in [0.1, 0.15) is 18.1 Å². The number of aromatic nitrogens is 2. The van der Waals surface area contributed by atoms with Crippen LogP contribution in [0.1, 0.15) is 33.9 Å². The van der Waals surface area contributed by atoms with Gasteiger partial charge in [-0.25, -0.2) is 0 Å². The molecule has 1 aliphatic rings. The molecule has 2 heterocycles. The van der Waals surface area contributed by atoms with Gasteiger partial charge in [-0.15, -0.1) is 10.2 Å². The van der Waals surface area contributed by atoms with Gasteiger partial charge in [-0.2, -0.15) is 0 Å². The van der Waals surface area contributed by atoms with E-state index in [1.807, 2.05) is 79.7 Å². The maximum Gasteiger partial charge on any atom is 0.301 e. The van der Waals surface area contributed by atoms with Crippen LogP contribution in [-0.4, -0.2) is 27.0 Å². The molecule has 44 heavy (non-hydrogen) atoms. The average molecular weight is 685 g/mol. The molecule has 1 saturated heterocycles. The van der Waals surface area contributed by atoms with E-state index in [2.05, 4.69) is 32.2 Å². The van der Waals surface area contributed by atoms with E-state index >= 15 is 0 Å². The van der Waals surface area contributed by atoms with Crippen LogP contribution in [-0.2, 0) is 21.9 Å². The van der Waals surface area contributed by atoms with Crippen LogP contribution in [0.4, 0.5) is 5.13 Å². The number of nitrogens with zero attached hydrogens (tertiary/aromatic N) is 3. The molecule has 10 heteroatoms. The van der Waals surface area contributed by atoms with E-state index < -0.39 is 17.7 Å². The van der Waals surface area contributed by atoms with Crippen molar-refractivity contribution >= 4 is 61.6 Å². The summed E-state index contributed by atoms with van der Waals surface area (Å²) >= 11 is 6.24. The van der Waals surface area contributed by atoms with Crippen LogP contribution in [0.5, 0.6) is 5.75 Å². The Labute approximate surface area is 271 Å². The molecule has 5 aromatic rings. The van der Waals surface area contributed by atoms with E-state index in [-0.39, 0.29) is 16.5 Å². The number of amides is 1. The summed E-state index contributed by atoms with van der Waals surface area (Å²) in [7, 11) is 0. The molecule has 0 bridgehead atoms. The lowest BCUT2D eigenvalue weighted by atomic mass is 9.95. The summed E-state index contributed by atoms with van der Waals surface area (Å²) in [5, 5.41) is 20.4. The number of carbonyl (C=O) groups is 2. The van der Waals surface area contributed by atoms with Gasteiger partial charge in [-0.3, -0.25) is 14.5 Å². The molecule has 220 valence electrons. The van der Waals surface area contributed by atoms with Crippen LogP contribution in [0.3, 0.4) is 0 Å². The number of anilines is 1. The number of rotatable bonds is 9. The van der Waals surface area contributed by atoms with Crippen LogP contribution in [0, 0.1) is 6.92 Å². The van der Waals surface area contributed by atoms with E-state index in [0.717, 1.165) is 21.2 Å². The zero-order valence-electron chi connectivity index (χ0n) is 23.5. The molecule has 1 aromatic heterocycles.